The van der Waals surface area contributed by atoms with E-state index >= 15 is 0 Å². The summed E-state index contributed by atoms with van der Waals surface area (Å²) < 4.78 is 49.9. The van der Waals surface area contributed by atoms with E-state index < -0.39 is 11.6 Å². The summed E-state index contributed by atoms with van der Waals surface area (Å²) in [5.41, 5.74) is 4.46. The second-order valence-electron chi connectivity index (χ2n) is 9.24. The van der Waals surface area contributed by atoms with Gasteiger partial charge in [-0.1, -0.05) is 23.9 Å². The van der Waals surface area contributed by atoms with Crippen LogP contribution < -0.4 is 4.74 Å². The molecule has 4 nitrogen and oxygen atoms in total. The van der Waals surface area contributed by atoms with E-state index in [4.69, 9.17) is 9.72 Å². The first-order valence-electron chi connectivity index (χ1n) is 11.8. The van der Waals surface area contributed by atoms with Crippen molar-refractivity contribution < 1.29 is 17.9 Å². The van der Waals surface area contributed by atoms with Crippen LogP contribution in [0.15, 0.2) is 60.0 Å². The molecular formula is C28H26F3N3OS. The lowest BCUT2D eigenvalue weighted by atomic mass is 9.71. The van der Waals surface area contributed by atoms with Crippen LogP contribution in [0.4, 0.5) is 13.2 Å². The van der Waals surface area contributed by atoms with Crippen molar-refractivity contribution in [3.05, 3.63) is 100 Å². The second kappa shape index (κ2) is 9.65. The van der Waals surface area contributed by atoms with Crippen LogP contribution in [-0.4, -0.2) is 21.6 Å². The highest BCUT2D eigenvalue weighted by Crippen LogP contribution is 2.46. The SMILES string of the molecule is COc1ccc(C2(C)CCCc3nc(SCc4c(F)cncc4F)n(-c4ccc(F)cc4)c32)cc1C. The zero-order valence-corrected chi connectivity index (χ0v) is 21.1. The Hall–Kier alpha value is -3.26. The zero-order valence-electron chi connectivity index (χ0n) is 20.3. The number of aromatic nitrogens is 3. The number of hydrogen-bond donors (Lipinski definition) is 0. The van der Waals surface area contributed by atoms with Crippen LogP contribution in [-0.2, 0) is 17.6 Å². The zero-order chi connectivity index (χ0) is 25.4. The van der Waals surface area contributed by atoms with Crippen LogP contribution in [0.1, 0.15) is 47.8 Å². The van der Waals surface area contributed by atoms with Crippen molar-refractivity contribution in [3.8, 4) is 11.4 Å². The molecule has 0 saturated heterocycles. The Kier molecular flexibility index (Phi) is 6.55. The molecule has 1 atom stereocenters. The molecule has 0 radical (unpaired) electrons. The van der Waals surface area contributed by atoms with Crippen LogP contribution in [0, 0.1) is 24.4 Å². The van der Waals surface area contributed by atoms with E-state index in [-0.39, 0.29) is 22.5 Å². The predicted molar refractivity (Wildman–Crippen MR) is 134 cm³/mol. The van der Waals surface area contributed by atoms with Gasteiger partial charge in [-0.3, -0.25) is 9.55 Å². The third-order valence-electron chi connectivity index (χ3n) is 6.95. The molecule has 4 aromatic rings. The van der Waals surface area contributed by atoms with Crippen molar-refractivity contribution in [3.63, 3.8) is 0 Å². The van der Waals surface area contributed by atoms with Crippen LogP contribution in [0.3, 0.4) is 0 Å². The summed E-state index contributed by atoms with van der Waals surface area (Å²) in [6.45, 7) is 4.22. The molecule has 1 aliphatic rings. The van der Waals surface area contributed by atoms with E-state index in [9.17, 15) is 13.2 Å². The van der Waals surface area contributed by atoms with Crippen molar-refractivity contribution in [2.45, 2.75) is 49.4 Å². The molecule has 36 heavy (non-hydrogen) atoms. The molecule has 0 aliphatic heterocycles. The maximum absolute atomic E-state index is 14.3. The van der Waals surface area contributed by atoms with Gasteiger partial charge in [-0.05, 0) is 74.6 Å². The first kappa shape index (κ1) is 24.4. The van der Waals surface area contributed by atoms with Gasteiger partial charge < -0.3 is 4.74 Å². The molecule has 2 aromatic carbocycles. The first-order chi connectivity index (χ1) is 17.3. The van der Waals surface area contributed by atoms with Crippen molar-refractivity contribution >= 4 is 11.8 Å². The van der Waals surface area contributed by atoms with Crippen LogP contribution in [0.25, 0.3) is 5.69 Å². The largest absolute Gasteiger partial charge is 0.496 e. The fourth-order valence-electron chi connectivity index (χ4n) is 5.05. The van der Waals surface area contributed by atoms with Crippen LogP contribution in [0.2, 0.25) is 0 Å². The molecule has 0 bridgehead atoms. The maximum Gasteiger partial charge on any atom is 0.173 e. The number of rotatable bonds is 6. The third-order valence-corrected chi connectivity index (χ3v) is 7.91. The summed E-state index contributed by atoms with van der Waals surface area (Å²) in [7, 11) is 1.66. The normalized spacial score (nSPS) is 17.2. The maximum atomic E-state index is 14.3. The van der Waals surface area contributed by atoms with Gasteiger partial charge in [0.2, 0.25) is 0 Å². The highest BCUT2D eigenvalue weighted by Gasteiger charge is 2.39. The van der Waals surface area contributed by atoms with Gasteiger partial charge >= 0.3 is 0 Å². The highest BCUT2D eigenvalue weighted by atomic mass is 32.2. The minimum atomic E-state index is -0.689. The quantitative estimate of drug-likeness (QED) is 0.264. The minimum absolute atomic E-state index is 0.0461. The Bertz CT molecular complexity index is 1400. The lowest BCUT2D eigenvalue weighted by Gasteiger charge is -2.36. The Balaban J connectivity index is 1.66. The number of nitrogens with zero attached hydrogens (tertiary/aromatic N) is 3. The fraction of sp³-hybridized carbons (Fsp3) is 0.286. The van der Waals surface area contributed by atoms with E-state index in [2.05, 4.69) is 24.0 Å². The summed E-state index contributed by atoms with van der Waals surface area (Å²) in [5.74, 6) is -0.841. The number of aryl methyl sites for hydroxylation is 2. The Morgan fingerprint density at radius 1 is 1.06 bits per heavy atom. The Morgan fingerprint density at radius 2 is 1.78 bits per heavy atom. The smallest absolute Gasteiger partial charge is 0.173 e. The topological polar surface area (TPSA) is 39.9 Å². The van der Waals surface area contributed by atoms with Gasteiger partial charge in [0, 0.05) is 22.4 Å². The van der Waals surface area contributed by atoms with E-state index in [1.807, 2.05) is 17.6 Å². The molecule has 186 valence electrons. The van der Waals surface area contributed by atoms with Crippen molar-refractivity contribution in [2.24, 2.45) is 0 Å². The molecule has 8 heteroatoms. The molecule has 0 saturated carbocycles. The molecule has 0 N–H and O–H groups in total. The van der Waals surface area contributed by atoms with Crippen molar-refractivity contribution in [2.75, 3.05) is 7.11 Å². The number of methoxy groups -OCH3 is 1. The third kappa shape index (κ3) is 4.28. The van der Waals surface area contributed by atoms with E-state index in [0.717, 1.165) is 65.6 Å². The number of imidazole rings is 1. The summed E-state index contributed by atoms with van der Waals surface area (Å²) >= 11 is 1.26. The van der Waals surface area contributed by atoms with E-state index in [0.29, 0.717) is 5.16 Å². The number of fused-ring (bicyclic) bond motifs is 1. The molecule has 0 spiro atoms. The van der Waals surface area contributed by atoms with Crippen molar-refractivity contribution in [1.82, 2.24) is 14.5 Å². The first-order valence-corrected chi connectivity index (χ1v) is 12.7. The lowest BCUT2D eigenvalue weighted by Crippen LogP contribution is -2.31. The molecule has 1 unspecified atom stereocenters. The summed E-state index contributed by atoms with van der Waals surface area (Å²) in [6.07, 6.45) is 4.67. The number of pyridine rings is 1. The average molecular weight is 510 g/mol. The molecule has 0 fully saturated rings. The van der Waals surface area contributed by atoms with Crippen LogP contribution in [0.5, 0.6) is 5.75 Å². The summed E-state index contributed by atoms with van der Waals surface area (Å²) in [5, 5.41) is 0.612. The monoisotopic (exact) mass is 509 g/mol. The fourth-order valence-corrected chi connectivity index (χ4v) is 6.10. The number of benzene rings is 2. The molecule has 0 amide bonds. The van der Waals surface area contributed by atoms with Crippen molar-refractivity contribution in [1.29, 1.82) is 0 Å². The van der Waals surface area contributed by atoms with E-state index in [1.165, 1.54) is 23.9 Å². The number of thioether (sulfide) groups is 1. The highest BCUT2D eigenvalue weighted by molar-refractivity contribution is 7.98. The Morgan fingerprint density at radius 3 is 2.44 bits per heavy atom. The molecular weight excluding hydrogens is 483 g/mol. The molecule has 2 aromatic heterocycles. The summed E-state index contributed by atoms with van der Waals surface area (Å²) in [6, 6.07) is 12.5. The Labute approximate surface area is 212 Å². The molecule has 5 rings (SSSR count). The van der Waals surface area contributed by atoms with E-state index in [1.54, 1.807) is 19.2 Å². The number of halogens is 3. The minimum Gasteiger partial charge on any atom is -0.496 e. The van der Waals surface area contributed by atoms with Gasteiger partial charge in [0.1, 0.15) is 23.2 Å². The van der Waals surface area contributed by atoms with Gasteiger partial charge in [0.05, 0.1) is 30.9 Å². The van der Waals surface area contributed by atoms with Gasteiger partial charge in [-0.25, -0.2) is 18.2 Å². The van der Waals surface area contributed by atoms with Gasteiger partial charge in [-0.15, -0.1) is 0 Å². The van der Waals surface area contributed by atoms with Crippen LogP contribution >= 0.6 is 11.8 Å². The van der Waals surface area contributed by atoms with Gasteiger partial charge in [0.15, 0.2) is 5.16 Å². The second-order valence-corrected chi connectivity index (χ2v) is 10.2. The van der Waals surface area contributed by atoms with Gasteiger partial charge in [0.25, 0.3) is 0 Å². The summed E-state index contributed by atoms with van der Waals surface area (Å²) in [4.78, 5) is 8.52. The molecule has 2 heterocycles. The number of hydrogen-bond acceptors (Lipinski definition) is 4. The predicted octanol–water partition coefficient (Wildman–Crippen LogP) is 6.94. The standard InChI is InChI=1S/C28H26F3N3OS/c1-17-13-18(6-11-25(17)35-3)28(2)12-4-5-24-26(28)34(20-9-7-19(29)8-10-20)27(33-24)36-16-21-22(30)14-32-15-23(21)31/h6-11,13-15H,4-5,12,16H2,1-3H3. The number of ether oxygens (including phenoxy) is 1. The van der Waals surface area contributed by atoms with Gasteiger partial charge in [-0.2, -0.15) is 0 Å². The lowest BCUT2D eigenvalue weighted by molar-refractivity contribution is 0.409. The average Bonchev–Trinajstić information content (AvgIpc) is 3.24. The molecule has 1 aliphatic carbocycles.